The maximum absolute atomic E-state index is 13.6. The van der Waals surface area contributed by atoms with Gasteiger partial charge in [-0.05, 0) is 36.5 Å². The number of Topliss-reactive ketones (excluding diaryl/α,β-unsaturated/α-hetero) is 1. The summed E-state index contributed by atoms with van der Waals surface area (Å²) in [5.74, 6) is 0.838. The summed E-state index contributed by atoms with van der Waals surface area (Å²) >= 11 is 7.43. The number of carbonyl (C=O) groups is 1. The molecule has 0 aromatic heterocycles. The molecule has 1 atom stereocenters. The highest BCUT2D eigenvalue weighted by Gasteiger charge is 2.14. The van der Waals surface area contributed by atoms with Gasteiger partial charge in [0, 0.05) is 12.3 Å². The molecule has 0 N–H and O–H groups in total. The normalized spacial score (nSPS) is 12.4. The highest BCUT2D eigenvalue weighted by Crippen LogP contribution is 2.20. The van der Waals surface area contributed by atoms with Crippen molar-refractivity contribution >= 4 is 29.1 Å². The molecule has 4 heteroatoms. The lowest BCUT2D eigenvalue weighted by atomic mass is 9.97. The number of hydrogen-bond acceptors (Lipinski definition) is 2. The Bertz CT molecular complexity index is 409. The van der Waals surface area contributed by atoms with E-state index >= 15 is 0 Å². The quantitative estimate of drug-likeness (QED) is 0.741. The minimum atomic E-state index is -0.399. The highest BCUT2D eigenvalue weighted by molar-refractivity contribution is 7.98. The second-order valence-corrected chi connectivity index (χ2v) is 5.75. The molecule has 0 aliphatic carbocycles. The van der Waals surface area contributed by atoms with E-state index < -0.39 is 5.82 Å². The summed E-state index contributed by atoms with van der Waals surface area (Å²) in [6, 6.07) is 4.91. The third-order valence-electron chi connectivity index (χ3n) is 2.98. The van der Waals surface area contributed by atoms with Crippen LogP contribution >= 0.6 is 23.4 Å². The molecule has 0 fully saturated rings. The Hall–Kier alpha value is -0.540. The fourth-order valence-electron chi connectivity index (χ4n) is 1.70. The van der Waals surface area contributed by atoms with Crippen molar-refractivity contribution < 1.29 is 9.18 Å². The number of hydrogen-bond donors (Lipinski definition) is 0. The number of rotatable bonds is 7. The van der Waals surface area contributed by atoms with Gasteiger partial charge >= 0.3 is 0 Å². The molecule has 18 heavy (non-hydrogen) atoms. The van der Waals surface area contributed by atoms with Gasteiger partial charge in [-0.3, -0.25) is 4.79 Å². The smallest absolute Gasteiger partial charge is 0.144 e. The van der Waals surface area contributed by atoms with Crippen LogP contribution in [0.3, 0.4) is 0 Å². The largest absolute Gasteiger partial charge is 0.299 e. The van der Waals surface area contributed by atoms with Crippen molar-refractivity contribution in [1.82, 2.24) is 0 Å². The van der Waals surface area contributed by atoms with E-state index in [1.54, 1.807) is 23.9 Å². The van der Waals surface area contributed by atoms with E-state index in [0.29, 0.717) is 18.4 Å². The average molecular weight is 289 g/mol. The first-order chi connectivity index (χ1) is 8.56. The lowest BCUT2D eigenvalue weighted by Crippen LogP contribution is -2.13. The van der Waals surface area contributed by atoms with E-state index in [1.807, 2.05) is 13.2 Å². The maximum atomic E-state index is 13.6. The average Bonchev–Trinajstić information content (AvgIpc) is 2.37. The number of aryl methyl sites for hydroxylation is 1. The van der Waals surface area contributed by atoms with Gasteiger partial charge in [-0.25, -0.2) is 4.39 Å². The Morgan fingerprint density at radius 2 is 2.22 bits per heavy atom. The zero-order chi connectivity index (χ0) is 13.5. The maximum Gasteiger partial charge on any atom is 0.144 e. The minimum Gasteiger partial charge on any atom is -0.299 e. The number of ketones is 1. The molecule has 0 aliphatic heterocycles. The van der Waals surface area contributed by atoms with Crippen LogP contribution in [0.15, 0.2) is 18.2 Å². The zero-order valence-corrected chi connectivity index (χ0v) is 12.3. The van der Waals surface area contributed by atoms with Crippen LogP contribution in [0, 0.1) is 11.7 Å². The molecule has 0 unspecified atom stereocenters. The Morgan fingerprint density at radius 3 is 2.89 bits per heavy atom. The van der Waals surface area contributed by atoms with E-state index in [9.17, 15) is 9.18 Å². The monoisotopic (exact) mass is 288 g/mol. The molecule has 0 saturated heterocycles. The number of thioether (sulfide) groups is 1. The lowest BCUT2D eigenvalue weighted by molar-refractivity contribution is -0.122. The number of carbonyl (C=O) groups excluding carboxylic acids is 1. The van der Waals surface area contributed by atoms with Gasteiger partial charge in [0.25, 0.3) is 0 Å². The predicted octanol–water partition coefficient (Wildman–Crippen LogP) is 4.37. The molecule has 1 nitrogen and oxygen atoms in total. The first-order valence-electron chi connectivity index (χ1n) is 6.00. The van der Waals surface area contributed by atoms with E-state index in [4.69, 9.17) is 11.6 Å². The fourth-order valence-corrected chi connectivity index (χ4v) is 2.48. The van der Waals surface area contributed by atoms with E-state index in [2.05, 4.69) is 0 Å². The van der Waals surface area contributed by atoms with Crippen molar-refractivity contribution in [1.29, 1.82) is 0 Å². The van der Waals surface area contributed by atoms with Crippen molar-refractivity contribution in [3.63, 3.8) is 0 Å². The molecule has 1 aromatic carbocycles. The van der Waals surface area contributed by atoms with Crippen molar-refractivity contribution in [2.75, 3.05) is 12.0 Å². The van der Waals surface area contributed by atoms with Gasteiger partial charge in [-0.2, -0.15) is 11.8 Å². The van der Waals surface area contributed by atoms with Crippen molar-refractivity contribution in [2.45, 2.75) is 26.2 Å². The molecule has 1 aromatic rings. The Kier molecular flexibility index (Phi) is 6.72. The van der Waals surface area contributed by atoms with Crippen LogP contribution in [0.4, 0.5) is 4.39 Å². The number of halogens is 2. The molecule has 0 saturated carbocycles. The first-order valence-corrected chi connectivity index (χ1v) is 7.78. The van der Waals surface area contributed by atoms with Crippen LogP contribution < -0.4 is 0 Å². The summed E-state index contributed by atoms with van der Waals surface area (Å²) in [4.78, 5) is 11.9. The highest BCUT2D eigenvalue weighted by atomic mass is 35.5. The first kappa shape index (κ1) is 15.5. The second-order valence-electron chi connectivity index (χ2n) is 4.36. The predicted molar refractivity (Wildman–Crippen MR) is 76.9 cm³/mol. The van der Waals surface area contributed by atoms with Gasteiger partial charge < -0.3 is 0 Å². The molecule has 0 amide bonds. The summed E-state index contributed by atoms with van der Waals surface area (Å²) in [7, 11) is 0. The minimum absolute atomic E-state index is 0.0553. The van der Waals surface area contributed by atoms with Gasteiger partial charge in [0.1, 0.15) is 11.6 Å². The summed E-state index contributed by atoms with van der Waals surface area (Å²) in [6.45, 7) is 1.94. The van der Waals surface area contributed by atoms with E-state index in [-0.39, 0.29) is 16.7 Å². The number of benzene rings is 1. The Balaban J connectivity index is 2.49. The molecular formula is C14H18ClFOS. The van der Waals surface area contributed by atoms with Crippen LogP contribution in [-0.2, 0) is 11.2 Å². The van der Waals surface area contributed by atoms with Gasteiger partial charge in [0.05, 0.1) is 5.02 Å². The van der Waals surface area contributed by atoms with Gasteiger partial charge in [-0.1, -0.05) is 30.7 Å². The van der Waals surface area contributed by atoms with E-state index in [1.165, 1.54) is 6.07 Å². The van der Waals surface area contributed by atoms with Crippen LogP contribution in [0.25, 0.3) is 0 Å². The SMILES string of the molecule is CSCC[C@H](C)C(=O)CCc1cccc(Cl)c1F. The summed E-state index contributed by atoms with van der Waals surface area (Å²) in [5.41, 5.74) is 0.521. The third-order valence-corrected chi connectivity index (χ3v) is 3.91. The van der Waals surface area contributed by atoms with E-state index in [0.717, 1.165) is 12.2 Å². The molecule has 0 spiro atoms. The van der Waals surface area contributed by atoms with Crippen LogP contribution in [0.5, 0.6) is 0 Å². The molecule has 100 valence electrons. The van der Waals surface area contributed by atoms with Crippen LogP contribution in [0.1, 0.15) is 25.3 Å². The standard InChI is InChI=1S/C14H18ClFOS/c1-10(8-9-18-2)13(17)7-6-11-4-3-5-12(15)14(11)16/h3-5,10H,6-9H2,1-2H3/t10-/m0/s1. The Morgan fingerprint density at radius 1 is 1.50 bits per heavy atom. The van der Waals surface area contributed by atoms with Crippen LogP contribution in [0.2, 0.25) is 5.02 Å². The van der Waals surface area contributed by atoms with Gasteiger partial charge in [0.2, 0.25) is 0 Å². The Labute approximate surface area is 117 Å². The molecule has 1 rings (SSSR count). The zero-order valence-electron chi connectivity index (χ0n) is 10.7. The van der Waals surface area contributed by atoms with Crippen LogP contribution in [-0.4, -0.2) is 17.8 Å². The second kappa shape index (κ2) is 7.80. The molecule has 0 heterocycles. The summed E-state index contributed by atoms with van der Waals surface area (Å²) < 4.78 is 13.6. The van der Waals surface area contributed by atoms with Gasteiger partial charge in [-0.15, -0.1) is 0 Å². The third kappa shape index (κ3) is 4.62. The summed E-state index contributed by atoms with van der Waals surface area (Å²) in [6.07, 6.45) is 3.72. The summed E-state index contributed by atoms with van der Waals surface area (Å²) in [5, 5.41) is 0.121. The van der Waals surface area contributed by atoms with Gasteiger partial charge in [0.15, 0.2) is 0 Å². The lowest BCUT2D eigenvalue weighted by Gasteiger charge is -2.10. The van der Waals surface area contributed by atoms with Crippen molar-refractivity contribution in [3.05, 3.63) is 34.6 Å². The fraction of sp³-hybridized carbons (Fsp3) is 0.500. The topological polar surface area (TPSA) is 17.1 Å². The molecule has 0 bridgehead atoms. The van der Waals surface area contributed by atoms with Crippen molar-refractivity contribution in [2.24, 2.45) is 5.92 Å². The molecule has 0 radical (unpaired) electrons. The molecular weight excluding hydrogens is 271 g/mol. The molecule has 0 aliphatic rings. The van der Waals surface area contributed by atoms with Crippen molar-refractivity contribution in [3.8, 4) is 0 Å².